The molecule has 0 saturated heterocycles. The molecule has 1 N–H and O–H groups in total. The number of carbonyl (C=O) groups excluding carboxylic acids is 1. The van der Waals surface area contributed by atoms with E-state index in [-0.39, 0.29) is 4.90 Å². The fourth-order valence-electron chi connectivity index (χ4n) is 2.42. The predicted octanol–water partition coefficient (Wildman–Crippen LogP) is 4.15. The van der Waals surface area contributed by atoms with Gasteiger partial charge in [-0.15, -0.1) is 11.3 Å². The Kier molecular flexibility index (Phi) is 5.83. The van der Waals surface area contributed by atoms with Crippen LogP contribution in [0.4, 0.5) is 0 Å². The lowest BCUT2D eigenvalue weighted by atomic mass is 10.2. The molecular formula is C18H18BrN3O3S2. The minimum Gasteiger partial charge on any atom is -0.271 e. The van der Waals surface area contributed by atoms with Gasteiger partial charge in [-0.25, -0.2) is 13.1 Å². The van der Waals surface area contributed by atoms with Gasteiger partial charge in [0.1, 0.15) is 4.90 Å². The van der Waals surface area contributed by atoms with Crippen LogP contribution < -0.4 is 4.72 Å². The van der Waals surface area contributed by atoms with Crippen molar-refractivity contribution in [1.82, 2.24) is 14.5 Å². The lowest BCUT2D eigenvalue weighted by Gasteiger charge is -2.04. The second-order valence-corrected chi connectivity index (χ2v) is 10.1. The van der Waals surface area contributed by atoms with Gasteiger partial charge in [-0.1, -0.05) is 41.9 Å². The van der Waals surface area contributed by atoms with Gasteiger partial charge in [-0.2, -0.15) is 5.10 Å². The molecule has 1 amide bonds. The van der Waals surface area contributed by atoms with E-state index in [1.54, 1.807) is 16.8 Å². The third-order valence-electron chi connectivity index (χ3n) is 3.66. The molecule has 0 aliphatic rings. The number of aromatic nitrogens is 2. The first-order chi connectivity index (χ1) is 12.7. The summed E-state index contributed by atoms with van der Waals surface area (Å²) in [6, 6.07) is 11.1. The van der Waals surface area contributed by atoms with Crippen LogP contribution in [0.25, 0.3) is 10.4 Å². The number of hydrogen-bond acceptors (Lipinski definition) is 5. The molecule has 27 heavy (non-hydrogen) atoms. The van der Waals surface area contributed by atoms with Crippen LogP contribution in [0.15, 0.2) is 58.2 Å². The van der Waals surface area contributed by atoms with Crippen LogP contribution in [0.2, 0.25) is 0 Å². The molecule has 1 aromatic carbocycles. The normalized spacial score (nSPS) is 11.7. The smallest absolute Gasteiger partial charge is 0.271 e. The van der Waals surface area contributed by atoms with E-state index < -0.39 is 15.9 Å². The summed E-state index contributed by atoms with van der Waals surface area (Å²) in [5, 5.41) is 4.04. The lowest BCUT2D eigenvalue weighted by molar-refractivity contribution is 0.0985. The quantitative estimate of drug-likeness (QED) is 0.590. The maximum absolute atomic E-state index is 12.4. The molecule has 0 unspecified atom stereocenters. The third kappa shape index (κ3) is 4.85. The highest BCUT2D eigenvalue weighted by Crippen LogP contribution is 2.29. The molecule has 0 spiro atoms. The van der Waals surface area contributed by atoms with Crippen molar-refractivity contribution in [3.63, 3.8) is 0 Å². The minimum atomic E-state index is -3.97. The highest BCUT2D eigenvalue weighted by atomic mass is 79.9. The van der Waals surface area contributed by atoms with Gasteiger partial charge in [0.15, 0.2) is 0 Å². The molecule has 0 fully saturated rings. The van der Waals surface area contributed by atoms with Gasteiger partial charge >= 0.3 is 0 Å². The highest BCUT2D eigenvalue weighted by molar-refractivity contribution is 9.10. The molecule has 6 nitrogen and oxygen atoms in total. The molecule has 3 rings (SSSR count). The average Bonchev–Trinajstić information content (AvgIpc) is 3.24. The standard InChI is InChI=1S/C18H18BrN3O3S2/c1-12(2)10-22-11-15(9-20-22)27(24,25)21-18(23)17-8-7-16(26-17)13-3-5-14(19)6-4-13/h3-9,11-12H,10H2,1-2H3,(H,21,23). The molecule has 0 saturated carbocycles. The fraction of sp³-hybridized carbons (Fsp3) is 0.222. The Bertz CT molecular complexity index is 1050. The highest BCUT2D eigenvalue weighted by Gasteiger charge is 2.22. The van der Waals surface area contributed by atoms with Gasteiger partial charge in [0.25, 0.3) is 15.9 Å². The van der Waals surface area contributed by atoms with Gasteiger partial charge in [-0.3, -0.25) is 9.48 Å². The van der Waals surface area contributed by atoms with Gasteiger partial charge in [0.2, 0.25) is 0 Å². The van der Waals surface area contributed by atoms with Crippen LogP contribution in [0.5, 0.6) is 0 Å². The second kappa shape index (κ2) is 7.95. The fourth-order valence-corrected chi connectivity index (χ4v) is 4.57. The number of nitrogens with zero attached hydrogens (tertiary/aromatic N) is 2. The van der Waals surface area contributed by atoms with Crippen molar-refractivity contribution in [3.05, 3.63) is 58.1 Å². The number of sulfonamides is 1. The average molecular weight is 468 g/mol. The van der Waals surface area contributed by atoms with Crippen molar-refractivity contribution in [2.24, 2.45) is 5.92 Å². The van der Waals surface area contributed by atoms with Crippen molar-refractivity contribution in [1.29, 1.82) is 0 Å². The topological polar surface area (TPSA) is 81.1 Å². The Balaban J connectivity index is 1.74. The second-order valence-electron chi connectivity index (χ2n) is 6.40. The van der Waals surface area contributed by atoms with E-state index in [0.717, 1.165) is 14.9 Å². The van der Waals surface area contributed by atoms with Crippen LogP contribution in [0, 0.1) is 5.92 Å². The summed E-state index contributed by atoms with van der Waals surface area (Å²) >= 11 is 4.62. The SMILES string of the molecule is CC(C)Cn1cc(S(=O)(=O)NC(=O)c2ccc(-c3ccc(Br)cc3)s2)cn1. The van der Waals surface area contributed by atoms with Gasteiger partial charge < -0.3 is 0 Å². The third-order valence-corrected chi connectivity index (χ3v) is 6.60. The Morgan fingerprint density at radius 3 is 2.59 bits per heavy atom. The number of benzene rings is 1. The molecular weight excluding hydrogens is 450 g/mol. The molecule has 3 aromatic rings. The number of halogens is 1. The molecule has 2 aromatic heterocycles. The van der Waals surface area contributed by atoms with Crippen molar-refractivity contribution in [2.45, 2.75) is 25.3 Å². The summed E-state index contributed by atoms with van der Waals surface area (Å²) in [6.07, 6.45) is 2.68. The number of rotatable bonds is 6. The number of thiophene rings is 1. The summed E-state index contributed by atoms with van der Waals surface area (Å²) in [6.45, 7) is 4.62. The first-order valence-electron chi connectivity index (χ1n) is 8.20. The van der Waals surface area contributed by atoms with Gasteiger partial charge in [0.05, 0.1) is 11.1 Å². The van der Waals surface area contributed by atoms with Crippen LogP contribution in [-0.4, -0.2) is 24.1 Å². The molecule has 142 valence electrons. The van der Waals surface area contributed by atoms with Gasteiger partial charge in [0, 0.05) is 22.1 Å². The zero-order valence-corrected chi connectivity index (χ0v) is 17.9. The Morgan fingerprint density at radius 1 is 1.22 bits per heavy atom. The van der Waals surface area contributed by atoms with E-state index in [2.05, 4.69) is 25.8 Å². The largest absolute Gasteiger partial charge is 0.275 e. The lowest BCUT2D eigenvalue weighted by Crippen LogP contribution is -2.29. The van der Waals surface area contributed by atoms with Crippen LogP contribution in [0.3, 0.4) is 0 Å². The predicted molar refractivity (Wildman–Crippen MR) is 109 cm³/mol. The molecule has 0 aliphatic heterocycles. The summed E-state index contributed by atoms with van der Waals surface area (Å²) in [5.74, 6) is -0.321. The van der Waals surface area contributed by atoms with E-state index in [4.69, 9.17) is 0 Å². The molecule has 0 bridgehead atoms. The van der Waals surface area contributed by atoms with Crippen molar-refractivity contribution >= 4 is 43.2 Å². The zero-order valence-electron chi connectivity index (χ0n) is 14.7. The monoisotopic (exact) mass is 467 g/mol. The number of amides is 1. The van der Waals surface area contributed by atoms with Gasteiger partial charge in [-0.05, 0) is 35.7 Å². The summed E-state index contributed by atoms with van der Waals surface area (Å²) in [4.78, 5) is 13.6. The van der Waals surface area contributed by atoms with Crippen LogP contribution in [-0.2, 0) is 16.6 Å². The van der Waals surface area contributed by atoms with E-state index in [1.165, 1.54) is 23.7 Å². The molecule has 0 atom stereocenters. The van der Waals surface area contributed by atoms with Crippen molar-refractivity contribution < 1.29 is 13.2 Å². The minimum absolute atomic E-state index is 0.0267. The zero-order chi connectivity index (χ0) is 19.6. The van der Waals surface area contributed by atoms with Crippen LogP contribution >= 0.6 is 27.3 Å². The number of nitrogens with one attached hydrogen (secondary N) is 1. The molecule has 0 aliphatic carbocycles. The van der Waals surface area contributed by atoms with Crippen molar-refractivity contribution in [3.8, 4) is 10.4 Å². The number of hydrogen-bond donors (Lipinski definition) is 1. The molecule has 2 heterocycles. The van der Waals surface area contributed by atoms with E-state index in [1.807, 2.05) is 38.1 Å². The Morgan fingerprint density at radius 2 is 1.93 bits per heavy atom. The summed E-state index contributed by atoms with van der Waals surface area (Å²) < 4.78 is 29.5. The van der Waals surface area contributed by atoms with E-state index in [9.17, 15) is 13.2 Å². The first kappa shape index (κ1) is 19.8. The number of carbonyl (C=O) groups is 1. The maximum atomic E-state index is 12.4. The van der Waals surface area contributed by atoms with E-state index in [0.29, 0.717) is 17.3 Å². The van der Waals surface area contributed by atoms with E-state index >= 15 is 0 Å². The Hall–Kier alpha value is -1.97. The maximum Gasteiger partial charge on any atom is 0.275 e. The first-order valence-corrected chi connectivity index (χ1v) is 11.3. The summed E-state index contributed by atoms with van der Waals surface area (Å²) in [7, 11) is -3.97. The molecule has 0 radical (unpaired) electrons. The van der Waals surface area contributed by atoms with Crippen LogP contribution in [0.1, 0.15) is 23.5 Å². The molecule has 9 heteroatoms. The summed E-state index contributed by atoms with van der Waals surface area (Å²) in [5.41, 5.74) is 0.958. The Labute approximate surface area is 170 Å². The van der Waals surface area contributed by atoms with Crippen molar-refractivity contribution in [2.75, 3.05) is 0 Å².